The first-order chi connectivity index (χ1) is 19.4. The molecule has 0 bridgehead atoms. The van der Waals surface area contributed by atoms with Crippen molar-refractivity contribution in [2.75, 3.05) is 0 Å². The molecule has 0 radical (unpaired) electrons. The summed E-state index contributed by atoms with van der Waals surface area (Å²) in [7, 11) is 0. The summed E-state index contributed by atoms with van der Waals surface area (Å²) in [5.74, 6) is 10.4. The predicted molar refractivity (Wildman–Crippen MR) is 203 cm³/mol. The molecule has 10 unspecified atom stereocenters. The Hall–Kier alpha value is -1.13. The maximum Gasteiger partial charge on any atom is 4.00 e. The Labute approximate surface area is 301 Å². The van der Waals surface area contributed by atoms with Gasteiger partial charge in [0, 0.05) is 0 Å². The molecule has 0 amide bonds. The second-order valence-electron chi connectivity index (χ2n) is 14.5. The van der Waals surface area contributed by atoms with Gasteiger partial charge in [-0.1, -0.05) is 170 Å². The van der Waals surface area contributed by atoms with Crippen LogP contribution in [0.4, 0.5) is 0 Å². The van der Waals surface area contributed by atoms with E-state index in [1.807, 2.05) is 36.4 Å². The molecule has 0 saturated heterocycles. The van der Waals surface area contributed by atoms with E-state index in [2.05, 4.69) is 83.1 Å². The topological polar surface area (TPSA) is 0 Å². The monoisotopic (exact) mass is 684 g/mol. The molecule has 246 valence electrons. The van der Waals surface area contributed by atoms with Gasteiger partial charge in [0.25, 0.3) is 0 Å². The zero-order valence-electron chi connectivity index (χ0n) is 30.6. The van der Waals surface area contributed by atoms with Crippen molar-refractivity contribution >= 4 is 18.9 Å². The Kier molecular flexibility index (Phi) is 20.4. The number of allylic oxidation sites excluding steroid dienone is 2. The number of hydrogen-bond donors (Lipinski definition) is 0. The first-order valence-corrected chi connectivity index (χ1v) is 16.9. The Balaban J connectivity index is 0.000000824. The van der Waals surface area contributed by atoms with Crippen LogP contribution in [0.2, 0.25) is 18.5 Å². The molecule has 4 aliphatic carbocycles. The van der Waals surface area contributed by atoms with Crippen molar-refractivity contribution in [2.45, 2.75) is 97.5 Å². The molecule has 0 aliphatic heterocycles. The van der Waals surface area contributed by atoms with Crippen LogP contribution in [0, 0.1) is 77.0 Å². The second-order valence-corrected chi connectivity index (χ2v) is 14.5. The molecule has 0 spiro atoms. The fraction of sp³-hybridized carbons (Fsp3) is 0.535. The summed E-state index contributed by atoms with van der Waals surface area (Å²) in [6, 6.07) is 20.6. The molecule has 4 fully saturated rings. The molecule has 2 aromatic rings. The number of hydrogen-bond acceptors (Lipinski definition) is 0. The summed E-state index contributed by atoms with van der Waals surface area (Å²) < 4.78 is 0. The van der Waals surface area contributed by atoms with Gasteiger partial charge < -0.3 is 29.7 Å². The molecule has 2 aromatic carbocycles. The first kappa shape index (κ1) is 43.9. The summed E-state index contributed by atoms with van der Waals surface area (Å²) in [5, 5.41) is 0. The largest absolute Gasteiger partial charge is 4.00 e. The van der Waals surface area contributed by atoms with Crippen LogP contribution in [-0.4, -0.2) is 6.71 Å². The minimum atomic E-state index is 0. The number of rotatable bonds is 5. The Bertz CT molecular complexity index is 1010. The molecular weight excluding hydrogens is 619 g/mol. The fourth-order valence-electron chi connectivity index (χ4n) is 10.4. The molecule has 0 nitrogen and oxygen atoms in total. The van der Waals surface area contributed by atoms with Gasteiger partial charge in [-0.3, -0.25) is 0 Å². The van der Waals surface area contributed by atoms with Gasteiger partial charge in [0.15, 0.2) is 0 Å². The standard InChI is InChI=1S/C23H41B.C16H14.4CH3.Zr/c1-14-8-6-10-18-20(14)12-16(3)22(18)24(5)23-17(4)13-21-15(2)9-7-11-19(21)23;1-3-9-15(10-4-1)13-7-8-14-16-11-5-2-6-12-16;;;;;/h14-23H,6-13H2,1-5H3;1-14H;4*1H3;/q;;4*-1;+4/b;13-7+,14-8+;;;;;. The van der Waals surface area contributed by atoms with E-state index in [9.17, 15) is 0 Å². The van der Waals surface area contributed by atoms with Crippen molar-refractivity contribution in [3.05, 3.63) is 114 Å². The minimum Gasteiger partial charge on any atom is -0.358 e. The maximum atomic E-state index is 2.70. The van der Waals surface area contributed by atoms with E-state index < -0.39 is 0 Å². The van der Waals surface area contributed by atoms with Crippen LogP contribution in [0.3, 0.4) is 0 Å². The maximum absolute atomic E-state index is 2.70. The van der Waals surface area contributed by atoms with E-state index in [1.54, 1.807) is 25.7 Å². The van der Waals surface area contributed by atoms with Crippen molar-refractivity contribution in [3.63, 3.8) is 0 Å². The third-order valence-corrected chi connectivity index (χ3v) is 12.0. The average Bonchev–Trinajstić information content (AvgIpc) is 3.50. The van der Waals surface area contributed by atoms with E-state index in [-0.39, 0.29) is 55.9 Å². The van der Waals surface area contributed by atoms with Crippen molar-refractivity contribution in [1.29, 1.82) is 0 Å². The third-order valence-electron chi connectivity index (χ3n) is 12.0. The number of fused-ring (bicyclic) bond motifs is 2. The molecule has 2 heteroatoms. The van der Waals surface area contributed by atoms with Gasteiger partial charge in [-0.05, 0) is 71.3 Å². The van der Waals surface area contributed by atoms with Crippen LogP contribution in [0.25, 0.3) is 12.2 Å². The molecular formula is C43H67BZr. The third kappa shape index (κ3) is 10.7. The molecule has 0 heterocycles. The normalized spacial score (nSPS) is 33.0. The van der Waals surface area contributed by atoms with Crippen LogP contribution >= 0.6 is 0 Å². The van der Waals surface area contributed by atoms with Crippen LogP contribution in [0.5, 0.6) is 0 Å². The van der Waals surface area contributed by atoms with E-state index >= 15 is 0 Å². The van der Waals surface area contributed by atoms with Gasteiger partial charge in [-0.2, -0.15) is 0 Å². The quantitative estimate of drug-likeness (QED) is 0.167. The van der Waals surface area contributed by atoms with Crippen LogP contribution < -0.4 is 0 Å². The Morgan fingerprint density at radius 2 is 0.867 bits per heavy atom. The molecule has 10 atom stereocenters. The zero-order chi connectivity index (χ0) is 28.1. The molecule has 4 saturated carbocycles. The average molecular weight is 686 g/mol. The van der Waals surface area contributed by atoms with Crippen LogP contribution in [0.1, 0.15) is 90.2 Å². The summed E-state index contributed by atoms with van der Waals surface area (Å²) in [5.41, 5.74) is 2.44. The van der Waals surface area contributed by atoms with Crippen molar-refractivity contribution in [3.8, 4) is 0 Å². The summed E-state index contributed by atoms with van der Waals surface area (Å²) in [6.07, 6.45) is 20.6. The summed E-state index contributed by atoms with van der Waals surface area (Å²) in [6.45, 7) is 14.0. The summed E-state index contributed by atoms with van der Waals surface area (Å²) in [4.78, 5) is 0. The molecule has 0 N–H and O–H groups in total. The summed E-state index contributed by atoms with van der Waals surface area (Å²) >= 11 is 0. The van der Waals surface area contributed by atoms with E-state index in [4.69, 9.17) is 0 Å². The van der Waals surface area contributed by atoms with Crippen molar-refractivity contribution in [2.24, 2.45) is 47.3 Å². The Morgan fingerprint density at radius 1 is 0.511 bits per heavy atom. The number of benzene rings is 2. The van der Waals surface area contributed by atoms with Crippen molar-refractivity contribution < 1.29 is 26.2 Å². The van der Waals surface area contributed by atoms with E-state index in [0.717, 1.165) is 65.7 Å². The Morgan fingerprint density at radius 3 is 1.22 bits per heavy atom. The van der Waals surface area contributed by atoms with Gasteiger partial charge in [0.1, 0.15) is 6.71 Å². The smallest absolute Gasteiger partial charge is 0.358 e. The van der Waals surface area contributed by atoms with Crippen molar-refractivity contribution in [1.82, 2.24) is 0 Å². The van der Waals surface area contributed by atoms with Gasteiger partial charge in [0.05, 0.1) is 0 Å². The van der Waals surface area contributed by atoms with Gasteiger partial charge in [-0.15, -0.1) is 0 Å². The van der Waals surface area contributed by atoms with E-state index in [1.165, 1.54) is 36.8 Å². The van der Waals surface area contributed by atoms with Crippen LogP contribution in [0.15, 0.2) is 72.8 Å². The molecule has 45 heavy (non-hydrogen) atoms. The van der Waals surface area contributed by atoms with E-state index in [0.29, 0.717) is 0 Å². The zero-order valence-corrected chi connectivity index (χ0v) is 33.0. The van der Waals surface area contributed by atoms with Crippen LogP contribution in [-0.2, 0) is 26.2 Å². The first-order valence-electron chi connectivity index (χ1n) is 16.9. The minimum absolute atomic E-state index is 0. The molecule has 6 rings (SSSR count). The molecule has 0 aromatic heterocycles. The van der Waals surface area contributed by atoms with Gasteiger partial charge in [-0.25, -0.2) is 0 Å². The van der Waals surface area contributed by atoms with Gasteiger partial charge in [0.2, 0.25) is 0 Å². The fourth-order valence-corrected chi connectivity index (χ4v) is 10.4. The molecule has 4 aliphatic rings. The second kappa shape index (κ2) is 21.0. The SMILES string of the molecule is C(/C=C/c1ccccc1)=C\c1ccccc1.CB(C1C(C)CC2C(C)CCCC21)C1C(C)CC2C(C)CCCC21.[CH3-].[CH3-].[CH3-].[CH3-].[Zr+4]. The van der Waals surface area contributed by atoms with Gasteiger partial charge >= 0.3 is 26.2 Å². The predicted octanol–water partition coefficient (Wildman–Crippen LogP) is 13.2.